The Kier molecular flexibility index (Phi) is 6.46. The van der Waals surface area contributed by atoms with Gasteiger partial charge in [0.05, 0.1) is 5.69 Å². The summed E-state index contributed by atoms with van der Waals surface area (Å²) in [5.41, 5.74) is 2.74. The lowest BCUT2D eigenvalue weighted by Crippen LogP contribution is -2.29. The van der Waals surface area contributed by atoms with Crippen LogP contribution in [-0.4, -0.2) is 30.0 Å². The Balaban J connectivity index is 2.43. The molecule has 0 aromatic carbocycles. The molecule has 1 rings (SSSR count). The highest BCUT2D eigenvalue weighted by atomic mass is 15.1. The van der Waals surface area contributed by atoms with Crippen molar-refractivity contribution >= 4 is 0 Å². The lowest BCUT2D eigenvalue weighted by Gasteiger charge is -2.26. The molecule has 0 aliphatic heterocycles. The van der Waals surface area contributed by atoms with Crippen LogP contribution in [0.4, 0.5) is 0 Å². The van der Waals surface area contributed by atoms with Crippen LogP contribution in [0.3, 0.4) is 0 Å². The van der Waals surface area contributed by atoms with Gasteiger partial charge in [-0.15, -0.1) is 0 Å². The Morgan fingerprint density at radius 2 is 2.00 bits per heavy atom. The van der Waals surface area contributed by atoms with Crippen LogP contribution in [0.15, 0.2) is 18.3 Å². The van der Waals surface area contributed by atoms with Crippen LogP contribution in [0.2, 0.25) is 0 Å². The van der Waals surface area contributed by atoms with Crippen LogP contribution in [0, 0.1) is 5.41 Å². The Labute approximate surface area is 118 Å². The van der Waals surface area contributed by atoms with Gasteiger partial charge in [-0.1, -0.05) is 33.8 Å². The number of pyridine rings is 1. The molecule has 0 atom stereocenters. The summed E-state index contributed by atoms with van der Waals surface area (Å²) in [4.78, 5) is 6.88. The molecule has 1 aromatic rings. The maximum atomic E-state index is 4.55. The summed E-state index contributed by atoms with van der Waals surface area (Å²) in [6, 6.07) is 4.32. The lowest BCUT2D eigenvalue weighted by molar-refractivity contribution is 0.219. The fraction of sp³-hybridized carbons (Fsp3) is 0.688. The molecule has 3 nitrogen and oxygen atoms in total. The van der Waals surface area contributed by atoms with Gasteiger partial charge < -0.3 is 10.2 Å². The molecule has 0 spiro atoms. The van der Waals surface area contributed by atoms with Crippen LogP contribution in [0.5, 0.6) is 0 Å². The molecule has 108 valence electrons. The number of nitrogens with zero attached hydrogens (tertiary/aromatic N) is 2. The Morgan fingerprint density at radius 3 is 2.53 bits per heavy atom. The van der Waals surface area contributed by atoms with Crippen molar-refractivity contribution in [3.05, 3.63) is 29.6 Å². The molecule has 1 aromatic heterocycles. The van der Waals surface area contributed by atoms with E-state index in [0.717, 1.165) is 31.9 Å². The van der Waals surface area contributed by atoms with E-state index in [1.165, 1.54) is 12.0 Å². The van der Waals surface area contributed by atoms with Crippen LogP contribution in [0.25, 0.3) is 0 Å². The predicted octanol–water partition coefficient (Wildman–Crippen LogP) is 3.06. The van der Waals surface area contributed by atoms with Crippen molar-refractivity contribution in [3.8, 4) is 0 Å². The number of rotatable bonds is 7. The molecule has 0 amide bonds. The summed E-state index contributed by atoms with van der Waals surface area (Å²) in [6.07, 6.45) is 3.16. The molecule has 0 unspecified atom stereocenters. The van der Waals surface area contributed by atoms with Gasteiger partial charge in [-0.2, -0.15) is 0 Å². The van der Waals surface area contributed by atoms with Crippen molar-refractivity contribution in [1.29, 1.82) is 0 Å². The van der Waals surface area contributed by atoms with Gasteiger partial charge in [0.2, 0.25) is 0 Å². The van der Waals surface area contributed by atoms with Crippen molar-refractivity contribution in [2.24, 2.45) is 5.41 Å². The normalized spacial score (nSPS) is 12.1. The van der Waals surface area contributed by atoms with Gasteiger partial charge in [-0.05, 0) is 37.1 Å². The van der Waals surface area contributed by atoms with Crippen LogP contribution in [0.1, 0.15) is 45.4 Å². The smallest absolute Gasteiger partial charge is 0.0544 e. The van der Waals surface area contributed by atoms with E-state index < -0.39 is 0 Å². The molecule has 0 aliphatic rings. The van der Waals surface area contributed by atoms with Gasteiger partial charge in [-0.3, -0.25) is 4.98 Å². The fourth-order valence-electron chi connectivity index (χ4n) is 2.20. The molecule has 1 heterocycles. The van der Waals surface area contributed by atoms with Crippen molar-refractivity contribution in [3.63, 3.8) is 0 Å². The van der Waals surface area contributed by atoms with E-state index in [2.05, 4.69) is 62.1 Å². The van der Waals surface area contributed by atoms with Gasteiger partial charge >= 0.3 is 0 Å². The van der Waals surface area contributed by atoms with Gasteiger partial charge in [0.25, 0.3) is 0 Å². The van der Waals surface area contributed by atoms with E-state index in [4.69, 9.17) is 0 Å². The zero-order chi connectivity index (χ0) is 14.3. The van der Waals surface area contributed by atoms with Gasteiger partial charge in [0, 0.05) is 25.8 Å². The first-order chi connectivity index (χ1) is 8.90. The summed E-state index contributed by atoms with van der Waals surface area (Å²) in [7, 11) is 2.16. The monoisotopic (exact) mass is 263 g/mol. The average molecular weight is 263 g/mol. The minimum Gasteiger partial charge on any atom is -0.313 e. The summed E-state index contributed by atoms with van der Waals surface area (Å²) in [5.74, 6) is 0. The summed E-state index contributed by atoms with van der Waals surface area (Å²) >= 11 is 0. The van der Waals surface area contributed by atoms with Crippen LogP contribution in [-0.2, 0) is 13.1 Å². The standard InChI is InChI=1S/C16H29N3/c1-6-9-17-10-14-7-8-15(18-11-14)12-19(5)13-16(2,3)4/h7-8,11,17H,6,9-10,12-13H2,1-5H3. The molecule has 0 bridgehead atoms. The topological polar surface area (TPSA) is 28.2 Å². The highest BCUT2D eigenvalue weighted by molar-refractivity contribution is 5.13. The van der Waals surface area contributed by atoms with E-state index in [9.17, 15) is 0 Å². The number of aromatic nitrogens is 1. The van der Waals surface area contributed by atoms with Crippen molar-refractivity contribution in [2.75, 3.05) is 20.1 Å². The molecule has 0 saturated heterocycles. The average Bonchev–Trinajstić information content (AvgIpc) is 2.29. The second-order valence-corrected chi connectivity index (χ2v) is 6.57. The Morgan fingerprint density at radius 1 is 1.26 bits per heavy atom. The highest BCUT2D eigenvalue weighted by Gasteiger charge is 2.13. The Hall–Kier alpha value is -0.930. The third-order valence-corrected chi connectivity index (χ3v) is 2.82. The third kappa shape index (κ3) is 7.28. The quantitative estimate of drug-likeness (QED) is 0.766. The SMILES string of the molecule is CCCNCc1ccc(CN(C)CC(C)(C)C)nc1. The maximum Gasteiger partial charge on any atom is 0.0544 e. The first-order valence-corrected chi connectivity index (χ1v) is 7.24. The zero-order valence-corrected chi connectivity index (χ0v) is 13.2. The highest BCUT2D eigenvalue weighted by Crippen LogP contribution is 2.15. The number of nitrogens with one attached hydrogen (secondary N) is 1. The van der Waals surface area contributed by atoms with E-state index in [1.54, 1.807) is 0 Å². The van der Waals surface area contributed by atoms with Gasteiger partial charge in [0.15, 0.2) is 0 Å². The number of hydrogen-bond acceptors (Lipinski definition) is 3. The minimum absolute atomic E-state index is 0.332. The predicted molar refractivity (Wildman–Crippen MR) is 82.0 cm³/mol. The van der Waals surface area contributed by atoms with Gasteiger partial charge in [-0.25, -0.2) is 0 Å². The van der Waals surface area contributed by atoms with Crippen molar-refractivity contribution in [1.82, 2.24) is 15.2 Å². The van der Waals surface area contributed by atoms with Gasteiger partial charge in [0.1, 0.15) is 0 Å². The molecule has 1 N–H and O–H groups in total. The second kappa shape index (κ2) is 7.61. The zero-order valence-electron chi connectivity index (χ0n) is 13.2. The molecular weight excluding hydrogens is 234 g/mol. The lowest BCUT2D eigenvalue weighted by atomic mass is 9.96. The fourth-order valence-corrected chi connectivity index (χ4v) is 2.20. The molecule has 0 radical (unpaired) electrons. The van der Waals surface area contributed by atoms with Crippen LogP contribution < -0.4 is 5.32 Å². The first kappa shape index (κ1) is 16.1. The van der Waals surface area contributed by atoms with E-state index in [-0.39, 0.29) is 0 Å². The molecule has 0 fully saturated rings. The first-order valence-electron chi connectivity index (χ1n) is 7.24. The maximum absolute atomic E-state index is 4.55. The van der Waals surface area contributed by atoms with Crippen molar-refractivity contribution in [2.45, 2.75) is 47.2 Å². The summed E-state index contributed by atoms with van der Waals surface area (Å²) < 4.78 is 0. The third-order valence-electron chi connectivity index (χ3n) is 2.82. The summed E-state index contributed by atoms with van der Waals surface area (Å²) in [6.45, 7) is 12.9. The molecule has 0 saturated carbocycles. The molecule has 0 aliphatic carbocycles. The second-order valence-electron chi connectivity index (χ2n) is 6.57. The molecule has 19 heavy (non-hydrogen) atoms. The van der Waals surface area contributed by atoms with Crippen LogP contribution >= 0.6 is 0 Å². The number of hydrogen-bond donors (Lipinski definition) is 1. The van der Waals surface area contributed by atoms with Crippen molar-refractivity contribution < 1.29 is 0 Å². The van der Waals surface area contributed by atoms with E-state index in [0.29, 0.717) is 5.41 Å². The van der Waals surface area contributed by atoms with E-state index >= 15 is 0 Å². The minimum atomic E-state index is 0.332. The van der Waals surface area contributed by atoms with E-state index in [1.807, 2.05) is 6.20 Å². The Bertz CT molecular complexity index is 351. The summed E-state index contributed by atoms with van der Waals surface area (Å²) in [5, 5.41) is 3.39. The molecule has 3 heteroatoms. The largest absolute Gasteiger partial charge is 0.313 e. The molecular formula is C16H29N3.